The number of halogens is 2. The first-order valence-corrected chi connectivity index (χ1v) is 6.57. The monoisotopic (exact) mass is 275 g/mol. The molecular weight excluding hydrogens is 257 g/mol. The van der Waals surface area contributed by atoms with Crippen LogP contribution in [-0.2, 0) is 0 Å². The Morgan fingerprint density at radius 1 is 1.18 bits per heavy atom. The molecule has 0 aliphatic rings. The van der Waals surface area contributed by atoms with Crippen LogP contribution in [0, 0.1) is 5.92 Å². The second-order valence-electron chi connectivity index (χ2n) is 4.36. The fraction of sp³-hybridized carbons (Fsp3) is 0.583. The zero-order chi connectivity index (χ0) is 13.0. The number of aromatic nitrogens is 1. The highest BCUT2D eigenvalue weighted by atomic mass is 35.5. The summed E-state index contributed by atoms with van der Waals surface area (Å²) in [6.07, 6.45) is 0. The molecule has 0 aromatic carbocycles. The lowest BCUT2D eigenvalue weighted by molar-refractivity contribution is 0.558. The van der Waals surface area contributed by atoms with Gasteiger partial charge in [-0.05, 0) is 25.8 Å². The first kappa shape index (κ1) is 14.4. The molecule has 0 amide bonds. The number of hydrogen-bond donors (Lipinski definition) is 2. The number of hydrogen-bond acceptors (Lipinski definition) is 3. The van der Waals surface area contributed by atoms with Gasteiger partial charge in [0.2, 0.25) is 0 Å². The Balaban J connectivity index is 2.95. The molecule has 0 aliphatic carbocycles. The van der Waals surface area contributed by atoms with Gasteiger partial charge in [0.1, 0.15) is 11.6 Å². The summed E-state index contributed by atoms with van der Waals surface area (Å²) in [5.41, 5.74) is 0. The molecule has 1 unspecified atom stereocenters. The molecule has 1 heterocycles. The van der Waals surface area contributed by atoms with Gasteiger partial charge in [0.25, 0.3) is 0 Å². The zero-order valence-electron chi connectivity index (χ0n) is 10.6. The fourth-order valence-electron chi connectivity index (χ4n) is 1.24. The summed E-state index contributed by atoms with van der Waals surface area (Å²) in [5, 5.41) is 7.48. The summed E-state index contributed by atoms with van der Waals surface area (Å²) >= 11 is 12.2. The molecule has 2 N–H and O–H groups in total. The fourth-order valence-corrected chi connectivity index (χ4v) is 1.72. The Morgan fingerprint density at radius 2 is 1.76 bits per heavy atom. The summed E-state index contributed by atoms with van der Waals surface area (Å²) in [6.45, 7) is 9.16. The van der Waals surface area contributed by atoms with E-state index in [9.17, 15) is 0 Å². The van der Waals surface area contributed by atoms with Crippen LogP contribution < -0.4 is 10.6 Å². The SMILES string of the molecule is CCNc1nc(NC(C)C(C)C)c(Cl)cc1Cl. The van der Waals surface area contributed by atoms with Crippen molar-refractivity contribution >= 4 is 34.8 Å². The first-order valence-electron chi connectivity index (χ1n) is 5.82. The van der Waals surface area contributed by atoms with Crippen molar-refractivity contribution in [2.45, 2.75) is 33.7 Å². The van der Waals surface area contributed by atoms with Crippen molar-refractivity contribution in [2.75, 3.05) is 17.2 Å². The van der Waals surface area contributed by atoms with Gasteiger partial charge in [-0.15, -0.1) is 0 Å². The zero-order valence-corrected chi connectivity index (χ0v) is 12.2. The molecule has 5 heteroatoms. The van der Waals surface area contributed by atoms with E-state index in [1.54, 1.807) is 6.07 Å². The Hall–Kier alpha value is -0.670. The standard InChI is InChI=1S/C12H19Cl2N3/c1-5-15-11-9(13)6-10(14)12(17-11)16-8(4)7(2)3/h6-8H,5H2,1-4H3,(H2,15,16,17). The van der Waals surface area contributed by atoms with Gasteiger partial charge in [-0.2, -0.15) is 0 Å². The van der Waals surface area contributed by atoms with Gasteiger partial charge >= 0.3 is 0 Å². The van der Waals surface area contributed by atoms with Crippen molar-refractivity contribution in [2.24, 2.45) is 5.92 Å². The molecular formula is C12H19Cl2N3. The van der Waals surface area contributed by atoms with E-state index in [1.165, 1.54) is 0 Å². The number of nitrogens with zero attached hydrogens (tertiary/aromatic N) is 1. The van der Waals surface area contributed by atoms with E-state index in [0.717, 1.165) is 6.54 Å². The van der Waals surface area contributed by atoms with Crippen LogP contribution in [0.4, 0.5) is 11.6 Å². The third-order valence-corrected chi connectivity index (χ3v) is 3.21. The molecule has 3 nitrogen and oxygen atoms in total. The van der Waals surface area contributed by atoms with E-state index in [4.69, 9.17) is 23.2 Å². The summed E-state index contributed by atoms with van der Waals surface area (Å²) in [4.78, 5) is 4.40. The Morgan fingerprint density at radius 3 is 2.29 bits per heavy atom. The summed E-state index contributed by atoms with van der Waals surface area (Å²) in [7, 11) is 0. The van der Waals surface area contributed by atoms with E-state index in [2.05, 4.69) is 36.4 Å². The first-order chi connectivity index (χ1) is 7.95. The van der Waals surface area contributed by atoms with Gasteiger partial charge in [0.05, 0.1) is 10.0 Å². The molecule has 0 saturated heterocycles. The molecule has 1 rings (SSSR count). The van der Waals surface area contributed by atoms with Gasteiger partial charge in [0.15, 0.2) is 0 Å². The summed E-state index contributed by atoms with van der Waals surface area (Å²) in [5.74, 6) is 1.84. The summed E-state index contributed by atoms with van der Waals surface area (Å²) < 4.78 is 0. The van der Waals surface area contributed by atoms with Gasteiger partial charge < -0.3 is 10.6 Å². The van der Waals surface area contributed by atoms with Gasteiger partial charge in [0, 0.05) is 12.6 Å². The molecule has 96 valence electrons. The maximum absolute atomic E-state index is 6.11. The lowest BCUT2D eigenvalue weighted by Crippen LogP contribution is -2.22. The topological polar surface area (TPSA) is 37.0 Å². The normalized spacial score (nSPS) is 12.6. The second kappa shape index (κ2) is 6.31. The van der Waals surface area contributed by atoms with Crippen LogP contribution in [0.25, 0.3) is 0 Å². The average Bonchev–Trinajstić information content (AvgIpc) is 2.24. The predicted molar refractivity (Wildman–Crippen MR) is 76.3 cm³/mol. The lowest BCUT2D eigenvalue weighted by Gasteiger charge is -2.19. The third kappa shape index (κ3) is 3.93. The van der Waals surface area contributed by atoms with Crippen LogP contribution in [0.1, 0.15) is 27.7 Å². The second-order valence-corrected chi connectivity index (χ2v) is 5.17. The largest absolute Gasteiger partial charge is 0.369 e. The minimum Gasteiger partial charge on any atom is -0.369 e. The van der Waals surface area contributed by atoms with Crippen LogP contribution in [0.5, 0.6) is 0 Å². The van der Waals surface area contributed by atoms with Crippen molar-refractivity contribution in [3.8, 4) is 0 Å². The minimum absolute atomic E-state index is 0.302. The molecule has 0 bridgehead atoms. The molecule has 0 radical (unpaired) electrons. The maximum Gasteiger partial charge on any atom is 0.147 e. The van der Waals surface area contributed by atoms with Crippen LogP contribution in [0.15, 0.2) is 6.07 Å². The van der Waals surface area contributed by atoms with E-state index < -0.39 is 0 Å². The van der Waals surface area contributed by atoms with Crippen molar-refractivity contribution < 1.29 is 0 Å². The van der Waals surface area contributed by atoms with E-state index >= 15 is 0 Å². The molecule has 1 aromatic heterocycles. The molecule has 0 saturated carbocycles. The highest BCUT2D eigenvalue weighted by Crippen LogP contribution is 2.29. The van der Waals surface area contributed by atoms with Crippen molar-refractivity contribution in [1.29, 1.82) is 0 Å². The summed E-state index contributed by atoms with van der Waals surface area (Å²) in [6, 6.07) is 2.01. The van der Waals surface area contributed by atoms with Crippen molar-refractivity contribution in [3.05, 3.63) is 16.1 Å². The van der Waals surface area contributed by atoms with Gasteiger partial charge in [-0.25, -0.2) is 4.98 Å². The molecule has 17 heavy (non-hydrogen) atoms. The van der Waals surface area contributed by atoms with E-state index in [0.29, 0.717) is 33.6 Å². The smallest absolute Gasteiger partial charge is 0.147 e. The number of rotatable bonds is 5. The maximum atomic E-state index is 6.11. The van der Waals surface area contributed by atoms with Crippen LogP contribution in [0.3, 0.4) is 0 Å². The quantitative estimate of drug-likeness (QED) is 0.843. The molecule has 0 aliphatic heterocycles. The number of anilines is 2. The van der Waals surface area contributed by atoms with Gasteiger partial charge in [-0.1, -0.05) is 37.0 Å². The Labute approximate surface area is 113 Å². The van der Waals surface area contributed by atoms with Gasteiger partial charge in [-0.3, -0.25) is 0 Å². The average molecular weight is 276 g/mol. The Kier molecular flexibility index (Phi) is 5.34. The Bertz CT molecular complexity index is 380. The number of pyridine rings is 1. The number of nitrogens with one attached hydrogen (secondary N) is 2. The van der Waals surface area contributed by atoms with Crippen LogP contribution >= 0.6 is 23.2 Å². The van der Waals surface area contributed by atoms with E-state index in [-0.39, 0.29) is 0 Å². The third-order valence-electron chi connectivity index (χ3n) is 2.64. The van der Waals surface area contributed by atoms with E-state index in [1.807, 2.05) is 6.92 Å². The molecule has 1 aromatic rings. The highest BCUT2D eigenvalue weighted by molar-refractivity contribution is 6.37. The van der Waals surface area contributed by atoms with Crippen molar-refractivity contribution in [1.82, 2.24) is 4.98 Å². The van der Waals surface area contributed by atoms with Crippen LogP contribution in [0.2, 0.25) is 10.0 Å². The molecule has 1 atom stereocenters. The van der Waals surface area contributed by atoms with Crippen LogP contribution in [-0.4, -0.2) is 17.6 Å². The predicted octanol–water partition coefficient (Wildman–Crippen LogP) is 4.28. The molecule has 0 fully saturated rings. The van der Waals surface area contributed by atoms with Crippen molar-refractivity contribution in [3.63, 3.8) is 0 Å². The minimum atomic E-state index is 0.302. The highest BCUT2D eigenvalue weighted by Gasteiger charge is 2.13. The lowest BCUT2D eigenvalue weighted by atomic mass is 10.1. The molecule has 0 spiro atoms.